The van der Waals surface area contributed by atoms with Gasteiger partial charge >= 0.3 is 5.97 Å². The van der Waals surface area contributed by atoms with Crippen molar-refractivity contribution in [2.45, 2.75) is 37.8 Å². The lowest BCUT2D eigenvalue weighted by Crippen LogP contribution is -2.50. The Morgan fingerprint density at radius 3 is 3.07 bits per heavy atom. The quantitative estimate of drug-likeness (QED) is 0.486. The first kappa shape index (κ1) is 16.2. The zero-order valence-corrected chi connectivity index (χ0v) is 15.3. The van der Waals surface area contributed by atoms with Crippen LogP contribution in [0.1, 0.15) is 24.6 Å². The minimum absolute atomic E-state index is 0.0832. The van der Waals surface area contributed by atoms with Gasteiger partial charge in [0.05, 0.1) is 16.9 Å². The fourth-order valence-corrected chi connectivity index (χ4v) is 4.70. The minimum atomic E-state index is -1.31. The van der Waals surface area contributed by atoms with E-state index < -0.39 is 11.6 Å². The van der Waals surface area contributed by atoms with Gasteiger partial charge in [-0.1, -0.05) is 25.1 Å². The molecule has 6 rings (SSSR count). The number of rotatable bonds is 2. The van der Waals surface area contributed by atoms with Crippen molar-refractivity contribution in [3.63, 3.8) is 0 Å². The number of epoxide rings is 1. The summed E-state index contributed by atoms with van der Waals surface area (Å²) < 4.78 is 11.4. The van der Waals surface area contributed by atoms with Gasteiger partial charge in [0.15, 0.2) is 6.23 Å². The van der Waals surface area contributed by atoms with Gasteiger partial charge in [0.1, 0.15) is 12.7 Å². The fourth-order valence-electron chi connectivity index (χ4n) is 4.70. The third-order valence-corrected chi connectivity index (χ3v) is 6.26. The molecule has 0 saturated carbocycles. The zero-order chi connectivity index (χ0) is 19.0. The number of nitrogens with two attached hydrogens (primary N) is 1. The first-order valence-electron chi connectivity index (χ1n) is 9.48. The lowest BCUT2D eigenvalue weighted by atomic mass is 9.84. The molecule has 1 aromatic carbocycles. The predicted octanol–water partition coefficient (Wildman–Crippen LogP) is 2.02. The van der Waals surface area contributed by atoms with Crippen LogP contribution >= 0.6 is 0 Å². The van der Waals surface area contributed by atoms with Crippen molar-refractivity contribution in [3.05, 3.63) is 58.8 Å². The molecule has 0 bridgehead atoms. The van der Waals surface area contributed by atoms with Crippen LogP contribution in [0.2, 0.25) is 0 Å². The van der Waals surface area contributed by atoms with Crippen molar-refractivity contribution in [1.29, 1.82) is 0 Å². The number of hydrogen-bond acceptors (Lipinski definition) is 7. The highest BCUT2D eigenvalue weighted by Gasteiger charge is 2.57. The van der Waals surface area contributed by atoms with E-state index in [1.54, 1.807) is 0 Å². The maximum absolute atomic E-state index is 12.6. The van der Waals surface area contributed by atoms with E-state index in [1.807, 2.05) is 31.2 Å². The van der Waals surface area contributed by atoms with Crippen LogP contribution in [-0.2, 0) is 25.7 Å². The van der Waals surface area contributed by atoms with E-state index >= 15 is 0 Å². The van der Waals surface area contributed by atoms with Crippen molar-refractivity contribution >= 4 is 22.6 Å². The number of pyridine rings is 1. The number of cyclic esters (lactones) is 1. The Kier molecular flexibility index (Phi) is 3.14. The molecule has 7 nitrogen and oxygen atoms in total. The summed E-state index contributed by atoms with van der Waals surface area (Å²) in [5, 5.41) is 1.11. The topological polar surface area (TPSA) is 90.2 Å². The molecule has 4 aliphatic rings. The molecular formula is C21H19N3O4. The van der Waals surface area contributed by atoms with Gasteiger partial charge < -0.3 is 14.4 Å². The Morgan fingerprint density at radius 1 is 1.39 bits per heavy atom. The summed E-state index contributed by atoms with van der Waals surface area (Å²) in [6, 6.07) is 10.3. The predicted molar refractivity (Wildman–Crippen MR) is 100 cm³/mol. The first-order valence-corrected chi connectivity index (χ1v) is 9.48. The van der Waals surface area contributed by atoms with Crippen molar-refractivity contribution in [3.8, 4) is 0 Å². The molecular weight excluding hydrogens is 358 g/mol. The van der Waals surface area contributed by atoms with E-state index in [0.717, 1.165) is 45.5 Å². The largest absolute Gasteiger partial charge is 0.459 e. The number of aromatic nitrogens is 1. The Morgan fingerprint density at radius 2 is 2.25 bits per heavy atom. The summed E-state index contributed by atoms with van der Waals surface area (Å²) in [5.74, 6) is 5.17. The number of hydrogen-bond donors (Lipinski definition) is 1. The van der Waals surface area contributed by atoms with Crippen molar-refractivity contribution in [2.75, 3.05) is 6.61 Å². The third-order valence-electron chi connectivity index (χ3n) is 6.26. The third kappa shape index (κ3) is 1.93. The summed E-state index contributed by atoms with van der Waals surface area (Å²) in [6.45, 7) is 2.79. The number of para-hydroxylation sites is 1. The number of ether oxygens (including phenoxy) is 2. The van der Waals surface area contributed by atoms with E-state index in [1.165, 1.54) is 0 Å². The SMILES string of the molecule is CCC1(ON)C(=O)OCC2=C1C=C1c3nc4ccccc4cc3CN1C1OC21. The minimum Gasteiger partial charge on any atom is -0.459 e. The molecule has 5 heterocycles. The molecule has 0 amide bonds. The number of esters is 1. The van der Waals surface area contributed by atoms with E-state index in [9.17, 15) is 4.79 Å². The highest BCUT2D eigenvalue weighted by molar-refractivity contribution is 5.90. The number of fused-ring (bicyclic) bond motifs is 7. The van der Waals surface area contributed by atoms with Crippen LogP contribution in [0.4, 0.5) is 0 Å². The monoisotopic (exact) mass is 377 g/mol. The van der Waals surface area contributed by atoms with Gasteiger partial charge in [-0.15, -0.1) is 0 Å². The van der Waals surface area contributed by atoms with Gasteiger partial charge in [0.2, 0.25) is 5.60 Å². The van der Waals surface area contributed by atoms with E-state index in [-0.39, 0.29) is 18.9 Å². The first-order chi connectivity index (χ1) is 13.7. The molecule has 7 heteroatoms. The molecule has 4 aliphatic heterocycles. The highest BCUT2D eigenvalue weighted by Crippen LogP contribution is 2.50. The number of benzene rings is 1. The number of carbonyl (C=O) groups is 1. The highest BCUT2D eigenvalue weighted by atomic mass is 16.7. The average molecular weight is 377 g/mol. The molecule has 1 aromatic heterocycles. The second-order valence-corrected chi connectivity index (χ2v) is 7.61. The van der Waals surface area contributed by atoms with Crippen molar-refractivity contribution in [2.24, 2.45) is 5.90 Å². The van der Waals surface area contributed by atoms with Gasteiger partial charge in [0, 0.05) is 23.1 Å². The second-order valence-electron chi connectivity index (χ2n) is 7.61. The number of carbonyl (C=O) groups excluding carboxylic acids is 1. The van der Waals surface area contributed by atoms with Crippen LogP contribution in [0.25, 0.3) is 16.6 Å². The van der Waals surface area contributed by atoms with Gasteiger partial charge in [-0.05, 0) is 30.2 Å². The maximum Gasteiger partial charge on any atom is 0.345 e. The molecule has 3 atom stereocenters. The van der Waals surface area contributed by atoms with Crippen LogP contribution in [0.3, 0.4) is 0 Å². The molecule has 1 fully saturated rings. The molecule has 2 aromatic rings. The Bertz CT molecular complexity index is 1100. The molecule has 1 saturated heterocycles. The molecule has 0 aliphatic carbocycles. The lowest BCUT2D eigenvalue weighted by Gasteiger charge is -2.34. The Balaban J connectivity index is 1.59. The van der Waals surface area contributed by atoms with Crippen LogP contribution in [0, 0.1) is 0 Å². The lowest BCUT2D eigenvalue weighted by molar-refractivity contribution is -0.170. The molecule has 142 valence electrons. The summed E-state index contributed by atoms with van der Waals surface area (Å²) in [7, 11) is 0. The zero-order valence-electron chi connectivity index (χ0n) is 15.3. The number of nitrogens with zero attached hydrogens (tertiary/aromatic N) is 2. The Labute approximate surface area is 161 Å². The summed E-state index contributed by atoms with van der Waals surface area (Å²) in [4.78, 5) is 25.0. The van der Waals surface area contributed by atoms with Gasteiger partial charge in [-0.2, -0.15) is 0 Å². The smallest absolute Gasteiger partial charge is 0.345 e. The van der Waals surface area contributed by atoms with Crippen molar-refractivity contribution in [1.82, 2.24) is 9.88 Å². The average Bonchev–Trinajstić information content (AvgIpc) is 3.45. The molecule has 2 N–H and O–H groups in total. The molecule has 0 radical (unpaired) electrons. The van der Waals surface area contributed by atoms with Crippen LogP contribution in [0.15, 0.2) is 47.6 Å². The van der Waals surface area contributed by atoms with E-state index in [2.05, 4.69) is 17.0 Å². The molecule has 28 heavy (non-hydrogen) atoms. The van der Waals surface area contributed by atoms with Crippen molar-refractivity contribution < 1.29 is 19.1 Å². The molecule has 0 spiro atoms. The molecule has 3 unspecified atom stereocenters. The Hall–Kier alpha value is -2.74. The van der Waals surface area contributed by atoms with Gasteiger partial charge in [0.25, 0.3) is 0 Å². The van der Waals surface area contributed by atoms with E-state index in [0.29, 0.717) is 6.42 Å². The summed E-state index contributed by atoms with van der Waals surface area (Å²) >= 11 is 0. The van der Waals surface area contributed by atoms with Crippen LogP contribution < -0.4 is 5.90 Å². The van der Waals surface area contributed by atoms with Crippen LogP contribution in [-0.4, -0.2) is 40.4 Å². The summed E-state index contributed by atoms with van der Waals surface area (Å²) in [6.07, 6.45) is 2.18. The standard InChI is InChI=1S/C21H19N3O4/c1-2-21(28-22)14-8-16-17-12(7-11-5-3-4-6-15(11)23-17)9-24(16)19-18(27-19)13(14)10-26-20(21)25/h3-8,18-19H,2,9-10,22H2,1H3. The van der Waals surface area contributed by atoms with Gasteiger partial charge in [-0.25, -0.2) is 15.7 Å². The maximum atomic E-state index is 12.6. The van der Waals surface area contributed by atoms with E-state index in [4.69, 9.17) is 25.2 Å². The summed E-state index contributed by atoms with van der Waals surface area (Å²) in [5.41, 5.74) is 4.33. The second kappa shape index (κ2) is 5.41. The van der Waals surface area contributed by atoms with Crippen LogP contribution in [0.5, 0.6) is 0 Å². The fraction of sp³-hybridized carbons (Fsp3) is 0.333. The normalized spacial score (nSPS) is 30.1. The van der Waals surface area contributed by atoms with Gasteiger partial charge in [-0.3, -0.25) is 4.84 Å².